The van der Waals surface area contributed by atoms with Crippen molar-refractivity contribution in [2.24, 2.45) is 0 Å². The molecule has 79 valence electrons. The van der Waals surface area contributed by atoms with Gasteiger partial charge in [-0.05, 0) is 19.8 Å². The maximum absolute atomic E-state index is 12.2. The molecular weight excluding hydrogens is 207 g/mol. The molecule has 0 amide bonds. The van der Waals surface area contributed by atoms with Crippen LogP contribution in [0.1, 0.15) is 12.8 Å². The first-order valence-corrected chi connectivity index (χ1v) is 6.05. The maximum Gasteiger partial charge on any atom is 0.348 e. The van der Waals surface area contributed by atoms with Gasteiger partial charge in [-0.2, -0.15) is 0 Å². The van der Waals surface area contributed by atoms with Crippen LogP contribution in [-0.2, 0) is 23.1 Å². The molecule has 2 fully saturated rings. The normalized spacial score (nSPS) is 35.1. The standard InChI is InChI=1S/C8H12O5P/c1-2-12-14(10)8(3-4-8)7(9)11-5-6-13-14/h1-6H2. The lowest BCUT2D eigenvalue weighted by Gasteiger charge is -2.20. The zero-order valence-electron chi connectivity index (χ0n) is 7.73. The number of esters is 1. The molecule has 2 aliphatic rings. The van der Waals surface area contributed by atoms with Gasteiger partial charge in [0.2, 0.25) is 0 Å². The number of ether oxygens (including phenoxy) is 1. The zero-order chi connectivity index (χ0) is 10.2. The summed E-state index contributed by atoms with van der Waals surface area (Å²) < 4.78 is 27.2. The molecule has 1 radical (unpaired) electrons. The van der Waals surface area contributed by atoms with Crippen LogP contribution in [0.15, 0.2) is 0 Å². The number of rotatable bonds is 2. The number of cyclic esters (lactones) is 1. The molecule has 14 heavy (non-hydrogen) atoms. The molecule has 1 saturated heterocycles. The van der Waals surface area contributed by atoms with Crippen molar-refractivity contribution >= 4 is 13.6 Å². The lowest BCUT2D eigenvalue weighted by molar-refractivity contribution is -0.143. The second kappa shape index (κ2) is 3.33. The van der Waals surface area contributed by atoms with Crippen LogP contribution in [0.25, 0.3) is 0 Å². The molecule has 0 aromatic heterocycles. The van der Waals surface area contributed by atoms with E-state index in [-0.39, 0.29) is 19.8 Å². The van der Waals surface area contributed by atoms with E-state index >= 15 is 0 Å². The van der Waals surface area contributed by atoms with Crippen molar-refractivity contribution in [3.05, 3.63) is 6.92 Å². The van der Waals surface area contributed by atoms with E-state index in [1.807, 2.05) is 0 Å². The Bertz CT molecular complexity index is 296. The van der Waals surface area contributed by atoms with Gasteiger partial charge in [-0.1, -0.05) is 0 Å². The minimum Gasteiger partial charge on any atom is -0.462 e. The van der Waals surface area contributed by atoms with Crippen LogP contribution in [0.5, 0.6) is 0 Å². The highest BCUT2D eigenvalue weighted by atomic mass is 31.2. The predicted molar refractivity (Wildman–Crippen MR) is 47.8 cm³/mol. The van der Waals surface area contributed by atoms with Gasteiger partial charge in [-0.3, -0.25) is 9.36 Å². The fraction of sp³-hybridized carbons (Fsp3) is 0.750. The van der Waals surface area contributed by atoms with E-state index in [9.17, 15) is 9.36 Å². The summed E-state index contributed by atoms with van der Waals surface area (Å²) in [6, 6.07) is 0. The summed E-state index contributed by atoms with van der Waals surface area (Å²) in [6.45, 7) is 3.76. The monoisotopic (exact) mass is 219 g/mol. The number of carbonyl (C=O) groups excluding carboxylic acids is 1. The van der Waals surface area contributed by atoms with Crippen LogP contribution in [0.2, 0.25) is 0 Å². The van der Waals surface area contributed by atoms with Crippen molar-refractivity contribution in [2.75, 3.05) is 19.8 Å². The second-order valence-electron chi connectivity index (χ2n) is 3.33. The van der Waals surface area contributed by atoms with E-state index < -0.39 is 18.7 Å². The molecule has 1 aliphatic carbocycles. The van der Waals surface area contributed by atoms with Gasteiger partial charge in [0.15, 0.2) is 5.16 Å². The molecule has 1 unspecified atom stereocenters. The summed E-state index contributed by atoms with van der Waals surface area (Å²) in [7, 11) is -3.34. The Balaban J connectivity index is 2.29. The van der Waals surface area contributed by atoms with E-state index in [2.05, 4.69) is 6.92 Å². The van der Waals surface area contributed by atoms with Crippen LogP contribution < -0.4 is 0 Å². The van der Waals surface area contributed by atoms with Crippen LogP contribution in [0, 0.1) is 6.92 Å². The predicted octanol–water partition coefficient (Wildman–Crippen LogP) is 1.14. The maximum atomic E-state index is 12.2. The summed E-state index contributed by atoms with van der Waals surface area (Å²) in [5.74, 6) is -0.452. The van der Waals surface area contributed by atoms with Crippen molar-refractivity contribution in [1.29, 1.82) is 0 Å². The van der Waals surface area contributed by atoms with Gasteiger partial charge in [0.1, 0.15) is 6.61 Å². The van der Waals surface area contributed by atoms with E-state index in [4.69, 9.17) is 13.8 Å². The van der Waals surface area contributed by atoms with Gasteiger partial charge in [0.05, 0.1) is 13.2 Å². The smallest absolute Gasteiger partial charge is 0.348 e. The van der Waals surface area contributed by atoms with Crippen LogP contribution in [0.4, 0.5) is 0 Å². The van der Waals surface area contributed by atoms with E-state index in [0.29, 0.717) is 12.8 Å². The summed E-state index contributed by atoms with van der Waals surface area (Å²) in [4.78, 5) is 11.5. The highest BCUT2D eigenvalue weighted by Gasteiger charge is 2.67. The molecule has 2 rings (SSSR count). The Morgan fingerprint density at radius 1 is 1.50 bits per heavy atom. The number of hydrogen-bond donors (Lipinski definition) is 0. The summed E-state index contributed by atoms with van der Waals surface area (Å²) in [5.41, 5.74) is 0. The van der Waals surface area contributed by atoms with Crippen molar-refractivity contribution < 1.29 is 23.1 Å². The van der Waals surface area contributed by atoms with Crippen molar-refractivity contribution in [1.82, 2.24) is 0 Å². The van der Waals surface area contributed by atoms with Crippen molar-refractivity contribution in [2.45, 2.75) is 18.0 Å². The van der Waals surface area contributed by atoms with Gasteiger partial charge in [0.25, 0.3) is 0 Å². The Morgan fingerprint density at radius 2 is 2.21 bits per heavy atom. The Kier molecular flexibility index (Phi) is 2.41. The first-order valence-electron chi connectivity index (χ1n) is 4.50. The molecule has 0 aromatic rings. The largest absolute Gasteiger partial charge is 0.462 e. The summed E-state index contributed by atoms with van der Waals surface area (Å²) >= 11 is 0. The summed E-state index contributed by atoms with van der Waals surface area (Å²) in [5, 5.41) is -1.01. The van der Waals surface area contributed by atoms with Crippen molar-refractivity contribution in [3.63, 3.8) is 0 Å². The first-order chi connectivity index (χ1) is 6.65. The molecule has 1 heterocycles. The van der Waals surface area contributed by atoms with Crippen molar-refractivity contribution in [3.8, 4) is 0 Å². The Labute approximate surface area is 82.2 Å². The van der Waals surface area contributed by atoms with Gasteiger partial charge in [0, 0.05) is 0 Å². The Morgan fingerprint density at radius 3 is 2.79 bits per heavy atom. The lowest BCUT2D eigenvalue weighted by Crippen LogP contribution is -2.24. The van der Waals surface area contributed by atoms with E-state index in [1.54, 1.807) is 0 Å². The third kappa shape index (κ3) is 1.31. The number of hydrogen-bond acceptors (Lipinski definition) is 5. The third-order valence-corrected chi connectivity index (χ3v) is 5.19. The third-order valence-electron chi connectivity index (χ3n) is 2.47. The number of carbonyl (C=O) groups is 1. The topological polar surface area (TPSA) is 61.8 Å². The second-order valence-corrected chi connectivity index (χ2v) is 5.70. The first kappa shape index (κ1) is 10.1. The highest BCUT2D eigenvalue weighted by molar-refractivity contribution is 7.57. The van der Waals surface area contributed by atoms with Gasteiger partial charge >= 0.3 is 13.6 Å². The molecular formula is C8H12O5P. The quantitative estimate of drug-likeness (QED) is 0.514. The zero-order valence-corrected chi connectivity index (χ0v) is 8.63. The van der Waals surface area contributed by atoms with Gasteiger partial charge in [-0.25, -0.2) is 0 Å². The fourth-order valence-corrected chi connectivity index (χ4v) is 3.61. The molecule has 0 bridgehead atoms. The molecule has 1 aliphatic heterocycles. The van der Waals surface area contributed by atoms with Crippen LogP contribution in [0.3, 0.4) is 0 Å². The molecule has 6 heteroatoms. The minimum atomic E-state index is -3.34. The average molecular weight is 219 g/mol. The Hall–Kier alpha value is -0.380. The molecule has 0 N–H and O–H groups in total. The van der Waals surface area contributed by atoms with Gasteiger partial charge in [-0.15, -0.1) is 0 Å². The van der Waals surface area contributed by atoms with Crippen LogP contribution >= 0.6 is 7.60 Å². The lowest BCUT2D eigenvalue weighted by atomic mass is 10.4. The van der Waals surface area contributed by atoms with E-state index in [1.165, 1.54) is 0 Å². The highest BCUT2D eigenvalue weighted by Crippen LogP contribution is 2.72. The van der Waals surface area contributed by atoms with Gasteiger partial charge < -0.3 is 13.8 Å². The van der Waals surface area contributed by atoms with Crippen LogP contribution in [-0.4, -0.2) is 30.9 Å². The fourth-order valence-electron chi connectivity index (χ4n) is 1.54. The average Bonchev–Trinajstić information content (AvgIpc) is 2.93. The minimum absolute atomic E-state index is 0.0340. The molecule has 1 spiro atoms. The molecule has 1 atom stereocenters. The molecule has 5 nitrogen and oxygen atoms in total. The van der Waals surface area contributed by atoms with E-state index in [0.717, 1.165) is 0 Å². The molecule has 0 aromatic carbocycles. The molecule has 1 saturated carbocycles. The summed E-state index contributed by atoms with van der Waals surface area (Å²) in [6.07, 6.45) is 1.03. The SMILES string of the molecule is [CH2]COP1(=O)OCCOC(=O)C12CC2.